The van der Waals surface area contributed by atoms with Crippen LogP contribution in [0.5, 0.6) is 23.0 Å². The molecule has 0 aliphatic heterocycles. The summed E-state index contributed by atoms with van der Waals surface area (Å²) in [4.78, 5) is 0. The number of benzene rings is 6. The normalized spacial score (nSPS) is 11.2. The fraction of sp³-hybridized carbons (Fsp3) is 0.100. The minimum Gasteiger partial charge on any atom is -0.405 e. The van der Waals surface area contributed by atoms with Gasteiger partial charge in [-0.1, -0.05) is 133 Å². The molecule has 8 nitrogen and oxygen atoms in total. The van der Waals surface area contributed by atoms with Crippen LogP contribution in [0.15, 0.2) is 158 Å². The van der Waals surface area contributed by atoms with Crippen LogP contribution in [0.3, 0.4) is 0 Å². The Morgan fingerprint density at radius 1 is 0.345 bits per heavy atom. The van der Waals surface area contributed by atoms with Gasteiger partial charge in [0.15, 0.2) is 0 Å². The summed E-state index contributed by atoms with van der Waals surface area (Å²) in [5.41, 5.74) is 3.45. The van der Waals surface area contributed by atoms with Gasteiger partial charge in [0.2, 0.25) is 6.49 Å². The Hall–Kier alpha value is -2.82. The lowest BCUT2D eigenvalue weighted by atomic mass is 10.1. The lowest BCUT2D eigenvalue weighted by Crippen LogP contribution is -2.11. The van der Waals surface area contributed by atoms with Crippen LogP contribution in [0.1, 0.15) is 22.3 Å². The van der Waals surface area contributed by atoms with Gasteiger partial charge in [0, 0.05) is 33.1 Å². The van der Waals surface area contributed by atoms with Crippen LogP contribution in [0, 0.1) is 27.7 Å². The maximum Gasteiger partial charge on any atom is 0.530 e. The molecule has 0 saturated heterocycles. The second kappa shape index (κ2) is 23.3. The van der Waals surface area contributed by atoms with Crippen LogP contribution < -0.4 is 28.7 Å². The van der Waals surface area contributed by atoms with Crippen molar-refractivity contribution in [1.82, 2.24) is 0 Å². The molecule has 0 aromatic heterocycles. The Bertz CT molecular complexity index is 2200. The molecule has 6 rings (SSSR count). The zero-order chi connectivity index (χ0) is 43.0. The van der Waals surface area contributed by atoms with Crippen LogP contribution in [-0.2, 0) is 18.3 Å². The number of para-hydroxylation sites is 4. The first-order valence-electron chi connectivity index (χ1n) is 16.9. The van der Waals surface area contributed by atoms with Crippen molar-refractivity contribution in [1.29, 1.82) is 0 Å². The summed E-state index contributed by atoms with van der Waals surface area (Å²) in [5, 5.41) is -1.87. The fourth-order valence-electron chi connectivity index (χ4n) is 4.74. The van der Waals surface area contributed by atoms with Crippen LogP contribution in [0.2, 0.25) is 0 Å². The number of aryl methyl sites for hydroxylation is 4. The molecule has 0 saturated carbocycles. The molecule has 0 radical (unpaired) electrons. The predicted octanol–water partition coefficient (Wildman–Crippen LogP) is 16.2. The standard InChI is InChI=1S/C16H18ClO3P.C12H10ClO3P.C12H10ClOP.Cl3OP/c1-11-7-5-8-12(2)15(11)19-21(17,18)20-16-13(3)9-6-10-14(16)4;13-17(14,15-11-7-3-1-4-8-11)16-12-9-5-2-6-10-12;13-15(14,11-7-3-1-4-8-11)12-9-5-2-6-10-12;1-5(2,3)4/h5-10H,1-4H3;1-10H;1-10H;. The van der Waals surface area contributed by atoms with Crippen molar-refractivity contribution in [3.63, 3.8) is 0 Å². The number of halogens is 6. The maximum atomic E-state index is 12.5. The van der Waals surface area contributed by atoms with Crippen molar-refractivity contribution in [3.8, 4) is 23.0 Å². The van der Waals surface area contributed by atoms with E-state index in [0.29, 0.717) is 33.6 Å². The van der Waals surface area contributed by atoms with Gasteiger partial charge < -0.3 is 18.1 Å². The highest BCUT2D eigenvalue weighted by Gasteiger charge is 2.28. The zero-order valence-electron chi connectivity index (χ0n) is 31.3. The van der Waals surface area contributed by atoms with E-state index in [9.17, 15) is 18.3 Å². The molecule has 0 N–H and O–H groups in total. The summed E-state index contributed by atoms with van der Waals surface area (Å²) >= 11 is 31.7. The van der Waals surface area contributed by atoms with Crippen molar-refractivity contribution < 1.29 is 36.4 Å². The minimum atomic E-state index is -3.77. The second-order valence-corrected chi connectivity index (χ2v) is 27.0. The largest absolute Gasteiger partial charge is 0.530 e. The molecule has 0 heterocycles. The van der Waals surface area contributed by atoms with Crippen molar-refractivity contribution in [2.24, 2.45) is 0 Å². The lowest BCUT2D eigenvalue weighted by Gasteiger charge is -2.18. The molecule has 58 heavy (non-hydrogen) atoms. The zero-order valence-corrected chi connectivity index (χ0v) is 39.4. The van der Waals surface area contributed by atoms with Gasteiger partial charge in [-0.3, -0.25) is 9.13 Å². The number of rotatable bonds is 10. The maximum absolute atomic E-state index is 12.5. The van der Waals surface area contributed by atoms with E-state index in [1.807, 2.05) is 113 Å². The highest BCUT2D eigenvalue weighted by molar-refractivity contribution is 8.24. The summed E-state index contributed by atoms with van der Waals surface area (Å²) in [6.07, 6.45) is 0. The first-order valence-corrected chi connectivity index (χ1v) is 28.8. The van der Waals surface area contributed by atoms with Gasteiger partial charge >= 0.3 is 19.1 Å². The predicted molar refractivity (Wildman–Crippen MR) is 245 cm³/mol. The average Bonchev–Trinajstić information content (AvgIpc) is 3.16. The molecule has 6 aromatic rings. The third-order valence-corrected chi connectivity index (χ3v) is 12.9. The lowest BCUT2D eigenvalue weighted by molar-refractivity contribution is 0.401. The smallest absolute Gasteiger partial charge is 0.405 e. The van der Waals surface area contributed by atoms with Crippen molar-refractivity contribution in [2.45, 2.75) is 27.7 Å². The third kappa shape index (κ3) is 18.2. The summed E-state index contributed by atoms with van der Waals surface area (Å²) in [7, 11) is 0. The average molecular weight is 983 g/mol. The topological polar surface area (TPSA) is 105 Å². The highest BCUT2D eigenvalue weighted by Crippen LogP contribution is 2.61. The van der Waals surface area contributed by atoms with Crippen LogP contribution in [0.4, 0.5) is 0 Å². The van der Waals surface area contributed by atoms with E-state index in [0.717, 1.165) is 22.3 Å². The van der Waals surface area contributed by atoms with E-state index in [-0.39, 0.29) is 0 Å². The fourth-order valence-corrected chi connectivity index (χ4v) is 9.56. The Kier molecular flexibility index (Phi) is 19.9. The molecule has 0 aliphatic carbocycles. The van der Waals surface area contributed by atoms with Crippen molar-refractivity contribution in [3.05, 3.63) is 180 Å². The number of hydrogen-bond donors (Lipinski definition) is 0. The van der Waals surface area contributed by atoms with E-state index >= 15 is 0 Å². The SMILES string of the molecule is Cc1cccc(C)c1OP(=O)(Cl)Oc1c(C)cccc1C.O=P(Cl)(Cl)Cl.O=P(Cl)(Oc1ccccc1)Oc1ccccc1.O=P(Cl)(c1ccccc1)c1ccccc1. The molecule has 0 fully saturated rings. The Morgan fingerprint density at radius 2 is 0.586 bits per heavy atom. The quantitative estimate of drug-likeness (QED) is 0.125. The summed E-state index contributed by atoms with van der Waals surface area (Å²) in [5.74, 6) is 1.81. The second-order valence-electron chi connectivity index (χ2n) is 11.9. The van der Waals surface area contributed by atoms with Crippen LogP contribution in [0.25, 0.3) is 0 Å². The highest BCUT2D eigenvalue weighted by atomic mass is 36.0. The van der Waals surface area contributed by atoms with E-state index in [2.05, 4.69) is 33.7 Å². The molecule has 0 aliphatic rings. The molecule has 308 valence electrons. The van der Waals surface area contributed by atoms with E-state index in [1.165, 1.54) is 0 Å². The van der Waals surface area contributed by atoms with E-state index in [4.69, 9.17) is 51.8 Å². The Morgan fingerprint density at radius 3 is 0.862 bits per heavy atom. The van der Waals surface area contributed by atoms with E-state index in [1.54, 1.807) is 72.8 Å². The molecule has 18 heteroatoms. The summed E-state index contributed by atoms with van der Waals surface area (Å²) in [6, 6.07) is 46.9. The third-order valence-electron chi connectivity index (χ3n) is 7.31. The minimum absolute atomic E-state index is 0.404. The first kappa shape index (κ1) is 49.5. The van der Waals surface area contributed by atoms with Gasteiger partial charge in [0.05, 0.1) is 0 Å². The molecule has 6 aromatic carbocycles. The molecular formula is C40H38Cl6O8P4. The Labute approximate surface area is 368 Å². The van der Waals surface area contributed by atoms with Crippen LogP contribution >= 0.6 is 93.0 Å². The van der Waals surface area contributed by atoms with Gasteiger partial charge in [-0.2, -0.15) is 0 Å². The molecule has 0 bridgehead atoms. The monoisotopic (exact) mass is 980 g/mol. The van der Waals surface area contributed by atoms with Crippen molar-refractivity contribution in [2.75, 3.05) is 0 Å². The molecular weight excluding hydrogens is 945 g/mol. The van der Waals surface area contributed by atoms with Crippen molar-refractivity contribution >= 4 is 104 Å². The van der Waals surface area contributed by atoms with Gasteiger partial charge in [-0.05, 0) is 119 Å². The molecule has 0 unspecified atom stereocenters. The molecule has 0 spiro atoms. The van der Waals surface area contributed by atoms with Gasteiger partial charge in [0.25, 0.3) is 0 Å². The Balaban J connectivity index is 0.000000222. The van der Waals surface area contributed by atoms with Gasteiger partial charge in [-0.15, -0.1) is 0 Å². The molecule has 0 amide bonds. The van der Waals surface area contributed by atoms with Gasteiger partial charge in [-0.25, -0.2) is 9.13 Å². The van der Waals surface area contributed by atoms with E-state index < -0.39 is 25.6 Å². The summed E-state index contributed by atoms with van der Waals surface area (Å²) < 4.78 is 67.4. The summed E-state index contributed by atoms with van der Waals surface area (Å²) in [6.45, 7) is -2.87. The van der Waals surface area contributed by atoms with Gasteiger partial charge in [0.1, 0.15) is 23.0 Å². The number of hydrogen-bond acceptors (Lipinski definition) is 8. The first-order chi connectivity index (χ1) is 27.2. The molecule has 0 atom stereocenters. The van der Waals surface area contributed by atoms with Crippen LogP contribution in [-0.4, -0.2) is 0 Å².